The first-order chi connectivity index (χ1) is 20.9. The molecule has 43 heavy (non-hydrogen) atoms. The molecule has 3 aliphatic rings. The van der Waals surface area contributed by atoms with Gasteiger partial charge in [-0.2, -0.15) is 5.26 Å². The standard InChI is InChI=1S/C36H27N3O4/c1-22-10-12-25(13-11-22)33(41)31-30(32(40)24-14-16-26(17-15-24)43-21-19-37)36(28-8-4-5-9-29(28)38-35(36)42)34-27-7-3-2-6-23(27)18-20-39(31)34/h2-18,20,30-31,34H,21H2,1H3,(H,38,42)/t30-,31+,34-,36+/m1/s1. The third-order valence-corrected chi connectivity index (χ3v) is 8.90. The van der Waals surface area contributed by atoms with E-state index in [1.165, 1.54) is 0 Å². The summed E-state index contributed by atoms with van der Waals surface area (Å²) in [6, 6.07) is 29.5. The number of benzene rings is 4. The molecule has 3 aliphatic heterocycles. The SMILES string of the molecule is Cc1ccc(C(=O)[C@@H]2[C@H](C(=O)c3ccc(OCC#N)cc3)[C@]3(C(=O)Nc4ccccc43)[C@H]3c4ccccc4C=CN23)cc1. The van der Waals surface area contributed by atoms with Crippen LogP contribution in [0.4, 0.5) is 5.69 Å². The van der Waals surface area contributed by atoms with Gasteiger partial charge < -0.3 is 15.0 Å². The molecule has 0 saturated carbocycles. The Morgan fingerprint density at radius 3 is 2.35 bits per heavy atom. The van der Waals surface area contributed by atoms with E-state index >= 15 is 0 Å². The number of ketones is 2. The Morgan fingerprint density at radius 1 is 0.907 bits per heavy atom. The van der Waals surface area contributed by atoms with Crippen molar-refractivity contribution in [2.24, 2.45) is 5.92 Å². The number of carbonyl (C=O) groups excluding carboxylic acids is 3. The van der Waals surface area contributed by atoms with Crippen LogP contribution in [-0.2, 0) is 10.2 Å². The van der Waals surface area contributed by atoms with Crippen molar-refractivity contribution < 1.29 is 19.1 Å². The van der Waals surface area contributed by atoms with Gasteiger partial charge in [0.15, 0.2) is 18.2 Å². The molecule has 1 saturated heterocycles. The number of Topliss-reactive ketones (excluding diaryl/α,β-unsaturated/α-hetero) is 2. The Morgan fingerprint density at radius 2 is 1.58 bits per heavy atom. The number of amides is 1. The third kappa shape index (κ3) is 3.91. The fourth-order valence-electron chi connectivity index (χ4n) is 7.07. The zero-order valence-electron chi connectivity index (χ0n) is 23.4. The maximum atomic E-state index is 14.9. The quantitative estimate of drug-likeness (QED) is 0.293. The Balaban J connectivity index is 1.48. The van der Waals surface area contributed by atoms with Crippen LogP contribution in [0.25, 0.3) is 6.08 Å². The maximum Gasteiger partial charge on any atom is 0.238 e. The largest absolute Gasteiger partial charge is 0.479 e. The number of carbonyl (C=O) groups is 3. The van der Waals surface area contributed by atoms with E-state index in [0.717, 1.165) is 16.7 Å². The van der Waals surface area contributed by atoms with Crippen molar-refractivity contribution in [3.05, 3.63) is 137 Å². The first-order valence-corrected chi connectivity index (χ1v) is 14.2. The van der Waals surface area contributed by atoms with Crippen molar-refractivity contribution in [3.63, 3.8) is 0 Å². The minimum Gasteiger partial charge on any atom is -0.479 e. The number of hydrogen-bond acceptors (Lipinski definition) is 6. The number of hydrogen-bond donors (Lipinski definition) is 1. The summed E-state index contributed by atoms with van der Waals surface area (Å²) in [7, 11) is 0. The van der Waals surface area contributed by atoms with Gasteiger partial charge in [0.25, 0.3) is 0 Å². The number of fused-ring (bicyclic) bond motifs is 6. The maximum absolute atomic E-state index is 14.9. The zero-order chi connectivity index (χ0) is 29.7. The fourth-order valence-corrected chi connectivity index (χ4v) is 7.07. The van der Waals surface area contributed by atoms with Crippen molar-refractivity contribution in [1.29, 1.82) is 5.26 Å². The molecule has 1 N–H and O–H groups in total. The summed E-state index contributed by atoms with van der Waals surface area (Å²) in [4.78, 5) is 45.9. The monoisotopic (exact) mass is 565 g/mol. The second-order valence-corrected chi connectivity index (χ2v) is 11.2. The second-order valence-electron chi connectivity index (χ2n) is 11.2. The van der Waals surface area contributed by atoms with Crippen molar-refractivity contribution in [1.82, 2.24) is 4.90 Å². The van der Waals surface area contributed by atoms with E-state index in [-0.39, 0.29) is 24.1 Å². The van der Waals surface area contributed by atoms with Crippen molar-refractivity contribution in [2.75, 3.05) is 11.9 Å². The van der Waals surface area contributed by atoms with Crippen LogP contribution in [0, 0.1) is 24.2 Å². The van der Waals surface area contributed by atoms with Gasteiger partial charge in [-0.3, -0.25) is 14.4 Å². The number of nitrogens with zero attached hydrogens (tertiary/aromatic N) is 2. The number of para-hydroxylation sites is 1. The number of ether oxygens (including phenoxy) is 1. The highest BCUT2D eigenvalue weighted by Gasteiger charge is 2.70. The van der Waals surface area contributed by atoms with E-state index in [4.69, 9.17) is 10.00 Å². The lowest BCUT2D eigenvalue weighted by Crippen LogP contribution is -2.49. The summed E-state index contributed by atoms with van der Waals surface area (Å²) in [5.41, 5.74) is 3.61. The lowest BCUT2D eigenvalue weighted by molar-refractivity contribution is -0.122. The van der Waals surface area contributed by atoms with Crippen LogP contribution in [0.15, 0.2) is 103 Å². The Labute approximate surface area is 249 Å². The van der Waals surface area contributed by atoms with E-state index in [1.54, 1.807) is 36.4 Å². The molecule has 0 bridgehead atoms. The molecular weight excluding hydrogens is 538 g/mol. The number of anilines is 1. The average Bonchev–Trinajstić information content (AvgIpc) is 3.52. The van der Waals surface area contributed by atoms with Crippen LogP contribution in [0.3, 0.4) is 0 Å². The van der Waals surface area contributed by atoms with E-state index in [1.807, 2.05) is 90.8 Å². The van der Waals surface area contributed by atoms with Crippen LogP contribution < -0.4 is 10.1 Å². The fraction of sp³-hybridized carbons (Fsp3) is 0.167. The first-order valence-electron chi connectivity index (χ1n) is 14.2. The molecule has 210 valence electrons. The van der Waals surface area contributed by atoms with Gasteiger partial charge in [-0.15, -0.1) is 0 Å². The van der Waals surface area contributed by atoms with Gasteiger partial charge in [0, 0.05) is 23.0 Å². The number of nitriles is 1. The summed E-state index contributed by atoms with van der Waals surface area (Å²) >= 11 is 0. The number of aryl methyl sites for hydroxylation is 1. The van der Waals surface area contributed by atoms with Gasteiger partial charge in [-0.05, 0) is 60.0 Å². The Hall–Kier alpha value is -5.48. The van der Waals surface area contributed by atoms with Gasteiger partial charge in [0.2, 0.25) is 5.91 Å². The van der Waals surface area contributed by atoms with Gasteiger partial charge in [0.05, 0.1) is 12.0 Å². The summed E-state index contributed by atoms with van der Waals surface area (Å²) in [5, 5.41) is 12.0. The van der Waals surface area contributed by atoms with Gasteiger partial charge in [-0.1, -0.05) is 72.3 Å². The molecule has 3 heterocycles. The normalized spacial score (nSPS) is 22.7. The number of nitrogens with one attached hydrogen (secondary N) is 1. The second kappa shape index (κ2) is 10.1. The zero-order valence-corrected chi connectivity index (χ0v) is 23.4. The first kappa shape index (κ1) is 26.4. The molecule has 1 amide bonds. The molecular formula is C36H27N3O4. The highest BCUT2D eigenvalue weighted by molar-refractivity contribution is 6.16. The molecule has 0 radical (unpaired) electrons. The van der Waals surface area contributed by atoms with Crippen LogP contribution >= 0.6 is 0 Å². The molecule has 1 fully saturated rings. The predicted octanol–water partition coefficient (Wildman–Crippen LogP) is 5.88. The lowest BCUT2D eigenvalue weighted by atomic mass is 9.62. The Kier molecular flexibility index (Phi) is 6.21. The van der Waals surface area contributed by atoms with Crippen molar-refractivity contribution in [3.8, 4) is 11.8 Å². The summed E-state index contributed by atoms with van der Waals surface area (Å²) in [6.07, 6.45) is 3.81. The smallest absolute Gasteiger partial charge is 0.238 e. The van der Waals surface area contributed by atoms with E-state index in [9.17, 15) is 14.4 Å². The molecule has 7 rings (SSSR count). The van der Waals surface area contributed by atoms with Crippen LogP contribution in [0.2, 0.25) is 0 Å². The van der Waals surface area contributed by atoms with E-state index < -0.39 is 23.4 Å². The molecule has 4 atom stereocenters. The minimum absolute atomic E-state index is 0.120. The molecule has 0 unspecified atom stereocenters. The lowest BCUT2D eigenvalue weighted by Gasteiger charge is -2.38. The summed E-state index contributed by atoms with van der Waals surface area (Å²) < 4.78 is 5.41. The molecule has 0 aliphatic carbocycles. The number of rotatable bonds is 6. The topological polar surface area (TPSA) is 99.5 Å². The minimum atomic E-state index is -1.39. The highest BCUT2D eigenvalue weighted by Crippen LogP contribution is 2.62. The van der Waals surface area contributed by atoms with Crippen molar-refractivity contribution >= 4 is 29.2 Å². The van der Waals surface area contributed by atoms with Crippen LogP contribution in [0.1, 0.15) is 49.0 Å². The van der Waals surface area contributed by atoms with Crippen LogP contribution in [-0.4, -0.2) is 35.0 Å². The van der Waals surface area contributed by atoms with E-state index in [0.29, 0.717) is 28.1 Å². The molecule has 4 aromatic carbocycles. The van der Waals surface area contributed by atoms with Gasteiger partial charge in [-0.25, -0.2) is 0 Å². The van der Waals surface area contributed by atoms with Crippen molar-refractivity contribution in [2.45, 2.75) is 24.4 Å². The molecule has 4 aromatic rings. The molecule has 1 spiro atoms. The average molecular weight is 566 g/mol. The highest BCUT2D eigenvalue weighted by atomic mass is 16.5. The van der Waals surface area contributed by atoms with E-state index in [2.05, 4.69) is 5.32 Å². The third-order valence-electron chi connectivity index (χ3n) is 8.90. The molecule has 7 heteroatoms. The molecule has 0 aromatic heterocycles. The Bertz CT molecular complexity index is 1850. The molecule has 7 nitrogen and oxygen atoms in total. The van der Waals surface area contributed by atoms with Gasteiger partial charge >= 0.3 is 0 Å². The van der Waals surface area contributed by atoms with Crippen LogP contribution in [0.5, 0.6) is 5.75 Å². The summed E-state index contributed by atoms with van der Waals surface area (Å²) in [6.45, 7) is 1.83. The summed E-state index contributed by atoms with van der Waals surface area (Å²) in [5.74, 6) is -1.46. The predicted molar refractivity (Wildman–Crippen MR) is 161 cm³/mol. The van der Waals surface area contributed by atoms with Gasteiger partial charge in [0.1, 0.15) is 23.3 Å².